The lowest BCUT2D eigenvalue weighted by atomic mass is 10.1. The van der Waals surface area contributed by atoms with E-state index in [2.05, 4.69) is 12.6 Å². The van der Waals surface area contributed by atoms with Gasteiger partial charge >= 0.3 is 11.9 Å². The van der Waals surface area contributed by atoms with E-state index < -0.39 is 33.4 Å². The van der Waals surface area contributed by atoms with Crippen LogP contribution in [0.2, 0.25) is 0 Å². The Labute approximate surface area is 116 Å². The van der Waals surface area contributed by atoms with Gasteiger partial charge in [-0.25, -0.2) is 0 Å². The van der Waals surface area contributed by atoms with Crippen molar-refractivity contribution in [2.24, 2.45) is 5.73 Å². The standard InChI is InChI=1S/C10H20N2O4S2/c1-10(2,6(11)8(15)16)18-9(17)5(7(13)14)12(3)4/h5-6,9,17H,11H2,1-4H3,(H,13,14)(H,15,16)/t5-,6-,9?/m1/s1. The number of hydrogen-bond acceptors (Lipinski definition) is 6. The minimum absolute atomic E-state index is 0.585. The quantitative estimate of drug-likeness (QED) is 0.392. The number of likely N-dealkylation sites (N-methyl/N-ethyl adjacent to an activating group) is 1. The van der Waals surface area contributed by atoms with Gasteiger partial charge in [-0.3, -0.25) is 14.5 Å². The van der Waals surface area contributed by atoms with Crippen molar-refractivity contribution in [1.29, 1.82) is 0 Å². The van der Waals surface area contributed by atoms with E-state index in [0.29, 0.717) is 0 Å². The summed E-state index contributed by atoms with van der Waals surface area (Å²) in [5, 5.41) is 18.0. The van der Waals surface area contributed by atoms with Crippen LogP contribution in [0.3, 0.4) is 0 Å². The molecule has 0 spiro atoms. The molecule has 0 aliphatic heterocycles. The normalized spacial score (nSPS) is 17.3. The third-order valence-electron chi connectivity index (χ3n) is 2.52. The zero-order chi connectivity index (χ0) is 14.7. The lowest BCUT2D eigenvalue weighted by Gasteiger charge is -2.34. The van der Waals surface area contributed by atoms with Crippen LogP contribution in [0.1, 0.15) is 13.8 Å². The highest BCUT2D eigenvalue weighted by atomic mass is 32.2. The summed E-state index contributed by atoms with van der Waals surface area (Å²) in [6.07, 6.45) is 0. The van der Waals surface area contributed by atoms with Gasteiger partial charge in [-0.05, 0) is 27.9 Å². The van der Waals surface area contributed by atoms with Gasteiger partial charge in [0.2, 0.25) is 0 Å². The molecule has 1 unspecified atom stereocenters. The Hall–Kier alpha value is -0.440. The zero-order valence-electron chi connectivity index (χ0n) is 10.8. The Kier molecular flexibility index (Phi) is 6.48. The van der Waals surface area contributed by atoms with Crippen molar-refractivity contribution in [3.63, 3.8) is 0 Å². The molecule has 0 saturated carbocycles. The highest BCUT2D eigenvalue weighted by molar-refractivity contribution is 8.11. The van der Waals surface area contributed by atoms with Crippen molar-refractivity contribution in [2.45, 2.75) is 35.3 Å². The average Bonchev–Trinajstić information content (AvgIpc) is 2.13. The van der Waals surface area contributed by atoms with Crippen LogP contribution in [0, 0.1) is 0 Å². The van der Waals surface area contributed by atoms with Crippen LogP contribution in [0.25, 0.3) is 0 Å². The van der Waals surface area contributed by atoms with Gasteiger partial charge in [0.1, 0.15) is 12.1 Å². The molecule has 0 aliphatic rings. The molecule has 106 valence electrons. The van der Waals surface area contributed by atoms with Crippen LogP contribution < -0.4 is 5.73 Å². The number of thiol groups is 1. The summed E-state index contributed by atoms with van der Waals surface area (Å²) in [6.45, 7) is 3.32. The first-order chi connectivity index (χ1) is 8.00. The van der Waals surface area contributed by atoms with E-state index >= 15 is 0 Å². The molecular formula is C10H20N2O4S2. The number of thioether (sulfide) groups is 1. The largest absolute Gasteiger partial charge is 0.480 e. The van der Waals surface area contributed by atoms with Crippen molar-refractivity contribution in [3.8, 4) is 0 Å². The second-order valence-electron chi connectivity index (χ2n) is 4.67. The lowest BCUT2D eigenvalue weighted by Crippen LogP contribution is -2.50. The molecule has 0 aromatic carbocycles. The monoisotopic (exact) mass is 296 g/mol. The van der Waals surface area contributed by atoms with Gasteiger partial charge in [0.25, 0.3) is 0 Å². The predicted octanol–water partition coefficient (Wildman–Crippen LogP) is 0.181. The molecule has 6 nitrogen and oxygen atoms in total. The molecule has 3 atom stereocenters. The molecule has 0 fully saturated rings. The zero-order valence-corrected chi connectivity index (χ0v) is 12.5. The molecule has 0 bridgehead atoms. The summed E-state index contributed by atoms with van der Waals surface area (Å²) < 4.78 is -1.40. The fourth-order valence-corrected chi connectivity index (χ4v) is 3.91. The Morgan fingerprint density at radius 2 is 1.72 bits per heavy atom. The van der Waals surface area contributed by atoms with Crippen molar-refractivity contribution in [3.05, 3.63) is 0 Å². The second-order valence-corrected chi connectivity index (χ2v) is 7.38. The molecule has 4 N–H and O–H groups in total. The van der Waals surface area contributed by atoms with Gasteiger partial charge in [-0.1, -0.05) is 0 Å². The summed E-state index contributed by atoms with van der Waals surface area (Å²) in [5.74, 6) is -2.13. The maximum Gasteiger partial charge on any atom is 0.322 e. The third kappa shape index (κ3) is 4.68. The van der Waals surface area contributed by atoms with E-state index in [1.807, 2.05) is 0 Å². The van der Waals surface area contributed by atoms with Crippen LogP contribution in [-0.2, 0) is 9.59 Å². The molecule has 18 heavy (non-hydrogen) atoms. The molecule has 0 aromatic rings. The summed E-state index contributed by atoms with van der Waals surface area (Å²) in [6, 6.07) is -1.91. The Bertz CT molecular complexity index is 323. The van der Waals surface area contributed by atoms with E-state index in [9.17, 15) is 9.59 Å². The van der Waals surface area contributed by atoms with E-state index in [1.165, 1.54) is 4.90 Å². The smallest absolute Gasteiger partial charge is 0.322 e. The average molecular weight is 296 g/mol. The van der Waals surface area contributed by atoms with Gasteiger partial charge in [0.15, 0.2) is 0 Å². The molecule has 0 saturated heterocycles. The highest BCUT2D eigenvalue weighted by Crippen LogP contribution is 2.35. The minimum atomic E-state index is -1.12. The molecule has 0 heterocycles. The fraction of sp³-hybridized carbons (Fsp3) is 0.800. The van der Waals surface area contributed by atoms with Crippen LogP contribution >= 0.6 is 24.4 Å². The van der Waals surface area contributed by atoms with Crippen molar-refractivity contribution in [2.75, 3.05) is 14.1 Å². The molecule has 8 heteroatoms. The number of rotatable bonds is 7. The Morgan fingerprint density at radius 3 is 2.00 bits per heavy atom. The highest BCUT2D eigenvalue weighted by Gasteiger charge is 2.38. The molecule has 0 radical (unpaired) electrons. The van der Waals surface area contributed by atoms with Crippen molar-refractivity contribution < 1.29 is 19.8 Å². The summed E-state index contributed by atoms with van der Waals surface area (Å²) >= 11 is 5.39. The van der Waals surface area contributed by atoms with Crippen LogP contribution in [0.15, 0.2) is 0 Å². The summed E-state index contributed by atoms with van der Waals surface area (Å²) in [5.41, 5.74) is 5.58. The van der Waals surface area contributed by atoms with Gasteiger partial charge in [-0.15, -0.1) is 11.8 Å². The summed E-state index contributed by atoms with van der Waals surface area (Å²) in [4.78, 5) is 23.5. The number of carboxylic acid groups (broad SMARTS) is 2. The first kappa shape index (κ1) is 17.6. The molecular weight excluding hydrogens is 276 g/mol. The molecule has 0 rings (SSSR count). The van der Waals surface area contributed by atoms with Gasteiger partial charge < -0.3 is 15.9 Å². The van der Waals surface area contributed by atoms with Gasteiger partial charge in [0, 0.05) is 4.75 Å². The number of hydrogen-bond donors (Lipinski definition) is 4. The number of nitrogens with zero attached hydrogens (tertiary/aromatic N) is 1. The van der Waals surface area contributed by atoms with Crippen LogP contribution in [0.4, 0.5) is 0 Å². The minimum Gasteiger partial charge on any atom is -0.480 e. The first-order valence-corrected chi connectivity index (χ1v) is 6.63. The van der Waals surface area contributed by atoms with E-state index in [4.69, 9.17) is 15.9 Å². The number of carboxylic acids is 2. The molecule has 0 aliphatic carbocycles. The first-order valence-electron chi connectivity index (χ1n) is 5.24. The van der Waals surface area contributed by atoms with Gasteiger partial charge in [-0.2, -0.15) is 12.6 Å². The number of nitrogens with two attached hydrogens (primary N) is 1. The third-order valence-corrected chi connectivity index (χ3v) is 4.48. The van der Waals surface area contributed by atoms with E-state index in [0.717, 1.165) is 11.8 Å². The Morgan fingerprint density at radius 1 is 1.28 bits per heavy atom. The van der Waals surface area contributed by atoms with E-state index in [1.54, 1.807) is 27.9 Å². The second kappa shape index (κ2) is 6.65. The van der Waals surface area contributed by atoms with Gasteiger partial charge in [0.05, 0.1) is 4.58 Å². The lowest BCUT2D eigenvalue weighted by molar-refractivity contribution is -0.141. The maximum absolute atomic E-state index is 11.1. The fourth-order valence-electron chi connectivity index (χ4n) is 1.34. The van der Waals surface area contributed by atoms with Crippen molar-refractivity contribution >= 4 is 36.3 Å². The van der Waals surface area contributed by atoms with Crippen LogP contribution in [0.5, 0.6) is 0 Å². The molecule has 0 aromatic heterocycles. The maximum atomic E-state index is 11.1. The predicted molar refractivity (Wildman–Crippen MR) is 75.2 cm³/mol. The Balaban J connectivity index is 4.87. The SMILES string of the molecule is CN(C)[C@H](C(=O)O)C(S)SC(C)(C)[C@H](N)C(=O)O. The number of aliphatic carboxylic acids is 2. The number of carbonyl (C=O) groups is 2. The summed E-state index contributed by atoms with van der Waals surface area (Å²) in [7, 11) is 3.26. The van der Waals surface area contributed by atoms with Crippen molar-refractivity contribution in [1.82, 2.24) is 4.90 Å². The topological polar surface area (TPSA) is 104 Å². The molecule has 0 amide bonds. The van der Waals surface area contributed by atoms with E-state index in [-0.39, 0.29) is 0 Å². The van der Waals surface area contributed by atoms with Crippen LogP contribution in [-0.4, -0.2) is 62.6 Å².